The van der Waals surface area contributed by atoms with Crippen LogP contribution in [0.1, 0.15) is 5.56 Å². The summed E-state index contributed by atoms with van der Waals surface area (Å²) in [5.41, 5.74) is 9.80. The monoisotopic (exact) mass is 135 g/mol. The molecular weight excluding hydrogens is 129 g/mol. The molecule has 0 amide bonds. The van der Waals surface area contributed by atoms with E-state index in [0.29, 0.717) is 0 Å². The van der Waals surface area contributed by atoms with Crippen LogP contribution in [0, 0.1) is 5.63 Å². The number of benzene rings is 1. The van der Waals surface area contributed by atoms with E-state index in [0.717, 1.165) is 11.3 Å². The number of rotatable bonds is 0. The Labute approximate surface area is 56.4 Å². The second kappa shape index (κ2) is 2.68. The van der Waals surface area contributed by atoms with Crippen LogP contribution in [0.25, 0.3) is 0 Å². The van der Waals surface area contributed by atoms with Crippen molar-refractivity contribution >= 4 is 14.4 Å². The quantitative estimate of drug-likeness (QED) is 0.427. The molecule has 0 aliphatic rings. The molecule has 0 aromatic heterocycles. The summed E-state index contributed by atoms with van der Waals surface area (Å²) >= 11 is 0. The van der Waals surface area contributed by atoms with Crippen LogP contribution in [0.3, 0.4) is 0 Å². The van der Waals surface area contributed by atoms with Gasteiger partial charge in [-0.15, -0.1) is 0 Å². The van der Waals surface area contributed by atoms with Crippen molar-refractivity contribution in [2.75, 3.05) is 5.73 Å². The van der Waals surface area contributed by atoms with Crippen molar-refractivity contribution in [3.8, 4) is 5.63 Å². The van der Waals surface area contributed by atoms with Crippen molar-refractivity contribution in [1.29, 1.82) is 0 Å². The molecular formula is C7H6NP. The minimum atomic E-state index is 0.744. The summed E-state index contributed by atoms with van der Waals surface area (Å²) in [5, 5.41) is 0. The van der Waals surface area contributed by atoms with Crippen LogP contribution >= 0.6 is 8.70 Å². The Balaban J connectivity index is 3.12. The first-order valence-corrected chi connectivity index (χ1v) is 3.03. The van der Waals surface area contributed by atoms with Crippen LogP contribution < -0.4 is 5.73 Å². The molecule has 9 heavy (non-hydrogen) atoms. The molecule has 0 fully saturated rings. The van der Waals surface area contributed by atoms with Crippen LogP contribution in [0.4, 0.5) is 5.69 Å². The van der Waals surface area contributed by atoms with E-state index in [2.05, 4.69) is 14.3 Å². The van der Waals surface area contributed by atoms with Gasteiger partial charge >= 0.3 is 55.6 Å². The van der Waals surface area contributed by atoms with Gasteiger partial charge in [-0.3, -0.25) is 0 Å². The number of nitrogen functional groups attached to an aromatic ring is 1. The summed E-state index contributed by atoms with van der Waals surface area (Å²) in [4.78, 5) is 0. The Morgan fingerprint density at radius 1 is 1.44 bits per heavy atom. The first-order chi connectivity index (χ1) is 4.33. The van der Waals surface area contributed by atoms with Gasteiger partial charge in [-0.25, -0.2) is 0 Å². The maximum absolute atomic E-state index is 5.46. The first kappa shape index (κ1) is 6.35. The van der Waals surface area contributed by atoms with Gasteiger partial charge in [0.1, 0.15) is 0 Å². The van der Waals surface area contributed by atoms with Gasteiger partial charge in [0.25, 0.3) is 0 Å². The van der Waals surface area contributed by atoms with Gasteiger partial charge in [-0.1, -0.05) is 0 Å². The number of hydrogen-bond acceptors (Lipinski definition) is 1. The third-order valence-corrected chi connectivity index (χ3v) is 1.27. The van der Waals surface area contributed by atoms with Crippen molar-refractivity contribution in [1.82, 2.24) is 0 Å². The number of nitrogens with two attached hydrogens (primary N) is 1. The molecule has 0 aliphatic carbocycles. The van der Waals surface area contributed by atoms with Gasteiger partial charge in [0, 0.05) is 0 Å². The average Bonchev–Trinajstić information content (AvgIpc) is 1.88. The standard InChI is InChI=1S/C7H6NP/c8-7-3-1-2-6(4-7)5-9/h1-4H,8H2. The molecule has 2 N–H and O–H groups in total. The fourth-order valence-electron chi connectivity index (χ4n) is 0.608. The molecule has 0 heterocycles. The predicted octanol–water partition coefficient (Wildman–Crippen LogP) is 1.99. The van der Waals surface area contributed by atoms with E-state index in [-0.39, 0.29) is 0 Å². The van der Waals surface area contributed by atoms with Crippen LogP contribution in [0.5, 0.6) is 0 Å². The van der Waals surface area contributed by atoms with Crippen LogP contribution in [-0.2, 0) is 0 Å². The van der Waals surface area contributed by atoms with Gasteiger partial charge < -0.3 is 0 Å². The zero-order valence-corrected chi connectivity index (χ0v) is 5.73. The summed E-state index contributed by atoms with van der Waals surface area (Å²) < 4.78 is 0. The van der Waals surface area contributed by atoms with Crippen LogP contribution in [-0.4, -0.2) is 0 Å². The van der Waals surface area contributed by atoms with Gasteiger partial charge in [-0.05, 0) is 0 Å². The van der Waals surface area contributed by atoms with Gasteiger partial charge in [0.2, 0.25) is 0 Å². The van der Waals surface area contributed by atoms with Crippen molar-refractivity contribution in [2.45, 2.75) is 0 Å². The average molecular weight is 135 g/mol. The molecule has 1 rings (SSSR count). The van der Waals surface area contributed by atoms with Gasteiger partial charge in [0.05, 0.1) is 0 Å². The predicted molar refractivity (Wildman–Crippen MR) is 40.8 cm³/mol. The Bertz CT molecular complexity index is 249. The van der Waals surface area contributed by atoms with E-state index in [4.69, 9.17) is 5.73 Å². The van der Waals surface area contributed by atoms with Crippen molar-refractivity contribution in [3.63, 3.8) is 0 Å². The summed E-state index contributed by atoms with van der Waals surface area (Å²) in [6.45, 7) is 0. The summed E-state index contributed by atoms with van der Waals surface area (Å²) in [6, 6.07) is 7.40. The molecule has 1 nitrogen and oxygen atoms in total. The third kappa shape index (κ3) is 1.57. The number of hydrogen-bond donors (Lipinski definition) is 1. The Morgan fingerprint density at radius 2 is 2.22 bits per heavy atom. The summed E-state index contributed by atoms with van der Waals surface area (Å²) in [5.74, 6) is 0. The second-order valence-electron chi connectivity index (χ2n) is 1.74. The fourth-order valence-corrected chi connectivity index (χ4v) is 0.747. The van der Waals surface area contributed by atoms with E-state index >= 15 is 0 Å². The molecule has 0 unspecified atom stereocenters. The molecule has 1 aromatic carbocycles. The third-order valence-electron chi connectivity index (χ3n) is 1.02. The molecule has 0 aliphatic heterocycles. The number of anilines is 1. The molecule has 2 heteroatoms. The van der Waals surface area contributed by atoms with Crippen LogP contribution in [0.2, 0.25) is 0 Å². The van der Waals surface area contributed by atoms with E-state index in [1.54, 1.807) is 0 Å². The fraction of sp³-hybridized carbons (Fsp3) is 0. The Morgan fingerprint density at radius 3 is 2.67 bits per heavy atom. The van der Waals surface area contributed by atoms with E-state index in [9.17, 15) is 0 Å². The van der Waals surface area contributed by atoms with Gasteiger partial charge in [-0.2, -0.15) is 0 Å². The van der Waals surface area contributed by atoms with E-state index in [1.165, 1.54) is 0 Å². The molecule has 0 radical (unpaired) electrons. The first-order valence-electron chi connectivity index (χ1n) is 2.58. The van der Waals surface area contributed by atoms with Crippen molar-refractivity contribution < 1.29 is 0 Å². The summed E-state index contributed by atoms with van der Waals surface area (Å²) in [7, 11) is 3.85. The zero-order chi connectivity index (χ0) is 6.69. The van der Waals surface area contributed by atoms with E-state index < -0.39 is 0 Å². The van der Waals surface area contributed by atoms with Crippen molar-refractivity contribution in [3.05, 3.63) is 29.8 Å². The molecule has 0 bridgehead atoms. The molecule has 0 saturated carbocycles. The zero-order valence-electron chi connectivity index (χ0n) is 4.83. The summed E-state index contributed by atoms with van der Waals surface area (Å²) in [6.07, 6.45) is 0. The molecule has 44 valence electrons. The molecule has 0 spiro atoms. The second-order valence-corrected chi connectivity index (χ2v) is 1.96. The molecule has 0 atom stereocenters. The Kier molecular flexibility index (Phi) is 1.89. The normalized spacial score (nSPS) is 8.33. The van der Waals surface area contributed by atoms with E-state index in [1.807, 2.05) is 24.3 Å². The van der Waals surface area contributed by atoms with Gasteiger partial charge in [0.15, 0.2) is 0 Å². The van der Waals surface area contributed by atoms with Crippen LogP contribution in [0.15, 0.2) is 24.3 Å². The SMILES string of the molecule is Nc1cccc(C#P)c1. The topological polar surface area (TPSA) is 26.0 Å². The molecule has 1 aromatic rings. The molecule has 0 saturated heterocycles. The van der Waals surface area contributed by atoms with Crippen molar-refractivity contribution in [2.24, 2.45) is 0 Å². The Hall–Kier alpha value is -0.770. The minimum absolute atomic E-state index is 0.744. The maximum atomic E-state index is 5.46.